The van der Waals surface area contributed by atoms with E-state index in [1.54, 1.807) is 18.2 Å². The van der Waals surface area contributed by atoms with Gasteiger partial charge in [-0.2, -0.15) is 0 Å². The van der Waals surface area contributed by atoms with E-state index in [1.165, 1.54) is 7.11 Å². The SMILES string of the molecule is CCOCc1nc2c(N)nc3ccccc3c2n1CCCCNC(=O)c1ccc(N)c(OC)c1. The number of carbonyl (C=O) groups is 1. The molecule has 0 atom stereocenters. The van der Waals surface area contributed by atoms with Gasteiger partial charge < -0.3 is 30.8 Å². The molecule has 1 amide bonds. The van der Waals surface area contributed by atoms with Crippen molar-refractivity contribution >= 4 is 39.3 Å². The first-order chi connectivity index (χ1) is 16.5. The molecular formula is C25H30N6O3. The number of rotatable bonds is 10. The lowest BCUT2D eigenvalue weighted by molar-refractivity contribution is 0.0952. The number of anilines is 2. The molecule has 0 saturated carbocycles. The zero-order chi connectivity index (χ0) is 24.1. The van der Waals surface area contributed by atoms with Gasteiger partial charge >= 0.3 is 0 Å². The minimum absolute atomic E-state index is 0.159. The summed E-state index contributed by atoms with van der Waals surface area (Å²) >= 11 is 0. The number of nitrogens with one attached hydrogen (secondary N) is 1. The average Bonchev–Trinajstić information content (AvgIpc) is 3.22. The van der Waals surface area contributed by atoms with Crippen molar-refractivity contribution in [1.29, 1.82) is 0 Å². The summed E-state index contributed by atoms with van der Waals surface area (Å²) in [5.74, 6) is 1.56. The van der Waals surface area contributed by atoms with Crippen LogP contribution in [0, 0.1) is 0 Å². The maximum absolute atomic E-state index is 12.5. The molecule has 4 aromatic rings. The Morgan fingerprint density at radius 3 is 2.74 bits per heavy atom. The number of aromatic nitrogens is 3. The van der Waals surface area contributed by atoms with Gasteiger partial charge in [-0.1, -0.05) is 18.2 Å². The zero-order valence-corrected chi connectivity index (χ0v) is 19.5. The minimum Gasteiger partial charge on any atom is -0.495 e. The van der Waals surface area contributed by atoms with E-state index in [1.807, 2.05) is 31.2 Å². The number of ether oxygens (including phenoxy) is 2. The van der Waals surface area contributed by atoms with Gasteiger partial charge in [0.1, 0.15) is 23.7 Å². The molecule has 2 aromatic carbocycles. The molecule has 0 spiro atoms. The van der Waals surface area contributed by atoms with Crippen LogP contribution in [0.3, 0.4) is 0 Å². The van der Waals surface area contributed by atoms with Crippen molar-refractivity contribution in [1.82, 2.24) is 19.9 Å². The maximum Gasteiger partial charge on any atom is 0.251 e. The molecule has 4 rings (SSSR count). The van der Waals surface area contributed by atoms with Crippen LogP contribution in [-0.2, 0) is 17.9 Å². The number of methoxy groups -OCH3 is 1. The summed E-state index contributed by atoms with van der Waals surface area (Å²) in [5, 5.41) is 3.97. The number of pyridine rings is 1. The van der Waals surface area contributed by atoms with Gasteiger partial charge in [-0.25, -0.2) is 9.97 Å². The summed E-state index contributed by atoms with van der Waals surface area (Å²) in [6, 6.07) is 12.9. The molecule has 2 aromatic heterocycles. The zero-order valence-electron chi connectivity index (χ0n) is 19.5. The Morgan fingerprint density at radius 2 is 1.94 bits per heavy atom. The standard InChI is InChI=1S/C25H30N6O3/c1-3-34-15-21-30-22-23(17-8-4-5-9-19(17)29-24(22)27)31(21)13-7-6-12-28-25(32)16-10-11-18(26)20(14-16)33-2/h4-5,8-11,14H,3,6-7,12-13,15,26H2,1-2H3,(H2,27,29)(H,28,32). The van der Waals surface area contributed by atoms with Crippen LogP contribution in [0.15, 0.2) is 42.5 Å². The number of hydrogen-bond donors (Lipinski definition) is 3. The summed E-state index contributed by atoms with van der Waals surface area (Å²) in [7, 11) is 1.53. The molecule has 0 fully saturated rings. The average molecular weight is 463 g/mol. The van der Waals surface area contributed by atoms with Gasteiger partial charge in [0.15, 0.2) is 5.82 Å². The number of imidazole rings is 1. The van der Waals surface area contributed by atoms with Crippen molar-refractivity contribution in [3.63, 3.8) is 0 Å². The maximum atomic E-state index is 12.5. The fraction of sp³-hybridized carbons (Fsp3) is 0.320. The smallest absolute Gasteiger partial charge is 0.251 e. The monoisotopic (exact) mass is 462 g/mol. The van der Waals surface area contributed by atoms with E-state index >= 15 is 0 Å². The molecular weight excluding hydrogens is 432 g/mol. The van der Waals surface area contributed by atoms with Crippen LogP contribution in [-0.4, -0.2) is 40.7 Å². The fourth-order valence-electron chi connectivity index (χ4n) is 4.00. The highest BCUT2D eigenvalue weighted by molar-refractivity contribution is 6.06. The second-order valence-corrected chi connectivity index (χ2v) is 7.95. The molecule has 0 aliphatic rings. The number of carbonyl (C=O) groups excluding carboxylic acids is 1. The third-order valence-corrected chi connectivity index (χ3v) is 5.71. The van der Waals surface area contributed by atoms with Gasteiger partial charge in [-0.3, -0.25) is 4.79 Å². The van der Waals surface area contributed by atoms with Crippen molar-refractivity contribution in [2.45, 2.75) is 32.9 Å². The van der Waals surface area contributed by atoms with Crippen molar-refractivity contribution in [3.8, 4) is 5.75 Å². The number of fused-ring (bicyclic) bond motifs is 3. The predicted molar refractivity (Wildman–Crippen MR) is 134 cm³/mol. The largest absolute Gasteiger partial charge is 0.495 e. The highest BCUT2D eigenvalue weighted by Gasteiger charge is 2.17. The molecule has 0 unspecified atom stereocenters. The molecule has 34 heavy (non-hydrogen) atoms. The molecule has 178 valence electrons. The van der Waals surface area contributed by atoms with Crippen molar-refractivity contribution in [3.05, 3.63) is 53.9 Å². The van der Waals surface area contributed by atoms with Gasteiger partial charge in [-0.15, -0.1) is 0 Å². The van der Waals surface area contributed by atoms with Crippen molar-refractivity contribution < 1.29 is 14.3 Å². The van der Waals surface area contributed by atoms with Crippen molar-refractivity contribution in [2.24, 2.45) is 0 Å². The van der Waals surface area contributed by atoms with Crippen LogP contribution in [0.25, 0.3) is 21.9 Å². The Bertz CT molecular complexity index is 1320. The van der Waals surface area contributed by atoms with Gasteiger partial charge in [0.2, 0.25) is 0 Å². The predicted octanol–water partition coefficient (Wildman–Crippen LogP) is 3.50. The van der Waals surface area contributed by atoms with Gasteiger partial charge in [0, 0.05) is 30.6 Å². The number of nitrogens with two attached hydrogens (primary N) is 2. The van der Waals surface area contributed by atoms with E-state index in [0.29, 0.717) is 48.1 Å². The lowest BCUT2D eigenvalue weighted by Crippen LogP contribution is -2.24. The Labute approximate surface area is 198 Å². The third kappa shape index (κ3) is 4.74. The van der Waals surface area contributed by atoms with Crippen LogP contribution in [0.1, 0.15) is 35.9 Å². The van der Waals surface area contributed by atoms with Gasteiger partial charge in [0.05, 0.1) is 23.8 Å². The Kier molecular flexibility index (Phi) is 7.12. The van der Waals surface area contributed by atoms with Crippen molar-refractivity contribution in [2.75, 3.05) is 31.7 Å². The summed E-state index contributed by atoms with van der Waals surface area (Å²) in [4.78, 5) is 21.7. The third-order valence-electron chi connectivity index (χ3n) is 5.71. The quantitative estimate of drug-likeness (QED) is 0.243. The highest BCUT2D eigenvalue weighted by atomic mass is 16.5. The van der Waals surface area contributed by atoms with Crippen LogP contribution < -0.4 is 21.5 Å². The lowest BCUT2D eigenvalue weighted by atomic mass is 10.1. The van der Waals surface area contributed by atoms with Crippen LogP contribution in [0.2, 0.25) is 0 Å². The summed E-state index contributed by atoms with van der Waals surface area (Å²) in [6.45, 7) is 4.22. The Hall–Kier alpha value is -3.85. The number of nitrogen functional groups attached to an aromatic ring is 2. The molecule has 9 heteroatoms. The first kappa shape index (κ1) is 23.3. The van der Waals surface area contributed by atoms with Crippen LogP contribution >= 0.6 is 0 Å². The van der Waals surface area contributed by atoms with Crippen LogP contribution in [0.5, 0.6) is 5.75 Å². The van der Waals surface area contributed by atoms with E-state index in [0.717, 1.165) is 41.6 Å². The molecule has 0 bridgehead atoms. The number of amides is 1. The van der Waals surface area contributed by atoms with Crippen LogP contribution in [0.4, 0.5) is 11.5 Å². The van der Waals surface area contributed by atoms with E-state index < -0.39 is 0 Å². The minimum atomic E-state index is -0.159. The second-order valence-electron chi connectivity index (χ2n) is 7.95. The van der Waals surface area contributed by atoms with Gasteiger partial charge in [0.25, 0.3) is 5.91 Å². The summed E-state index contributed by atoms with van der Waals surface area (Å²) in [5.41, 5.74) is 15.6. The summed E-state index contributed by atoms with van der Waals surface area (Å²) in [6.07, 6.45) is 1.64. The number of benzene rings is 2. The number of nitrogens with zero attached hydrogens (tertiary/aromatic N) is 3. The van der Waals surface area contributed by atoms with Gasteiger partial charge in [-0.05, 0) is 44.0 Å². The highest BCUT2D eigenvalue weighted by Crippen LogP contribution is 2.29. The number of para-hydroxylation sites is 1. The fourth-order valence-corrected chi connectivity index (χ4v) is 4.00. The molecule has 9 nitrogen and oxygen atoms in total. The van der Waals surface area contributed by atoms with E-state index in [2.05, 4.69) is 14.9 Å². The molecule has 0 saturated heterocycles. The first-order valence-corrected chi connectivity index (χ1v) is 11.4. The molecule has 5 N–H and O–H groups in total. The number of unbranched alkanes of at least 4 members (excludes halogenated alkanes) is 1. The van der Waals surface area contributed by atoms with E-state index in [-0.39, 0.29) is 5.91 Å². The first-order valence-electron chi connectivity index (χ1n) is 11.4. The Morgan fingerprint density at radius 1 is 1.12 bits per heavy atom. The lowest BCUT2D eigenvalue weighted by Gasteiger charge is -2.12. The van der Waals surface area contributed by atoms with E-state index in [4.69, 9.17) is 25.9 Å². The summed E-state index contributed by atoms with van der Waals surface area (Å²) < 4.78 is 13.0. The number of aryl methyl sites for hydroxylation is 1. The normalized spacial score (nSPS) is 11.2. The molecule has 0 aliphatic heterocycles. The topological polar surface area (TPSA) is 130 Å². The van der Waals surface area contributed by atoms with E-state index in [9.17, 15) is 4.79 Å². The molecule has 0 radical (unpaired) electrons. The molecule has 2 heterocycles. The second kappa shape index (κ2) is 10.4. The molecule has 0 aliphatic carbocycles. The Balaban J connectivity index is 1.47. The number of hydrogen-bond acceptors (Lipinski definition) is 7.